The predicted octanol–water partition coefficient (Wildman–Crippen LogP) is 2.11. The minimum atomic E-state index is -0.482. The standard InChI is InChI=1S/C17H21N3O3/c1-22-17(12-23-14-6-3-2-4-7-14)8-5-9-20(11-17)16(21)15-10-18-13-19-15/h2-4,6-7,10,13H,5,8-9,11-12H2,1H3,(H,18,19)/t17-/m1/s1. The van der Waals surface area contributed by atoms with Crippen LogP contribution in [0.4, 0.5) is 0 Å². The number of likely N-dealkylation sites (tertiary alicyclic amines) is 1. The van der Waals surface area contributed by atoms with Crippen molar-refractivity contribution in [1.29, 1.82) is 0 Å². The van der Waals surface area contributed by atoms with E-state index in [1.54, 1.807) is 18.2 Å². The first-order valence-corrected chi connectivity index (χ1v) is 7.73. The van der Waals surface area contributed by atoms with Gasteiger partial charge >= 0.3 is 0 Å². The number of hydrogen-bond acceptors (Lipinski definition) is 4. The highest BCUT2D eigenvalue weighted by atomic mass is 16.5. The lowest BCUT2D eigenvalue weighted by Gasteiger charge is -2.41. The van der Waals surface area contributed by atoms with Crippen LogP contribution in [0.3, 0.4) is 0 Å². The highest BCUT2D eigenvalue weighted by Gasteiger charge is 2.38. The molecule has 1 saturated heterocycles. The summed E-state index contributed by atoms with van der Waals surface area (Å²) in [5.41, 5.74) is 0.0184. The number of rotatable bonds is 5. The molecule has 0 bridgehead atoms. The van der Waals surface area contributed by atoms with Gasteiger partial charge in [0.25, 0.3) is 5.91 Å². The highest BCUT2D eigenvalue weighted by Crippen LogP contribution is 2.27. The second kappa shape index (κ2) is 6.83. The Kier molecular flexibility index (Phi) is 4.62. The summed E-state index contributed by atoms with van der Waals surface area (Å²) in [4.78, 5) is 21.1. The minimum absolute atomic E-state index is 0.0525. The first-order chi connectivity index (χ1) is 11.2. The first-order valence-electron chi connectivity index (χ1n) is 7.73. The topological polar surface area (TPSA) is 67.5 Å². The third-order valence-corrected chi connectivity index (χ3v) is 4.23. The summed E-state index contributed by atoms with van der Waals surface area (Å²) >= 11 is 0. The van der Waals surface area contributed by atoms with Crippen molar-refractivity contribution in [1.82, 2.24) is 14.9 Å². The number of amides is 1. The number of methoxy groups -OCH3 is 1. The number of carbonyl (C=O) groups excluding carboxylic acids is 1. The molecule has 1 aliphatic rings. The van der Waals surface area contributed by atoms with Crippen LogP contribution in [0.5, 0.6) is 5.75 Å². The number of imidazole rings is 1. The summed E-state index contributed by atoms with van der Waals surface area (Å²) in [6.45, 7) is 1.64. The number of ether oxygens (including phenoxy) is 2. The first kappa shape index (κ1) is 15.6. The number of nitrogens with one attached hydrogen (secondary N) is 1. The quantitative estimate of drug-likeness (QED) is 0.917. The normalized spacial score (nSPS) is 21.2. The van der Waals surface area contributed by atoms with Gasteiger partial charge in [0.05, 0.1) is 19.1 Å². The highest BCUT2D eigenvalue weighted by molar-refractivity contribution is 5.92. The fraction of sp³-hybridized carbons (Fsp3) is 0.412. The maximum atomic E-state index is 12.5. The van der Waals surface area contributed by atoms with Gasteiger partial charge in [0.15, 0.2) is 0 Å². The summed E-state index contributed by atoms with van der Waals surface area (Å²) in [5, 5.41) is 0. The molecule has 6 heteroatoms. The molecular weight excluding hydrogens is 294 g/mol. The van der Waals surface area contributed by atoms with E-state index in [4.69, 9.17) is 9.47 Å². The molecule has 0 spiro atoms. The summed E-state index contributed by atoms with van der Waals surface area (Å²) < 4.78 is 11.6. The molecule has 1 aromatic heterocycles. The number of para-hydroxylation sites is 1. The van der Waals surface area contributed by atoms with Gasteiger partial charge in [-0.15, -0.1) is 0 Å². The van der Waals surface area contributed by atoms with E-state index in [-0.39, 0.29) is 5.91 Å². The van der Waals surface area contributed by atoms with E-state index in [1.165, 1.54) is 6.33 Å². The predicted molar refractivity (Wildman–Crippen MR) is 85.4 cm³/mol. The second-order valence-corrected chi connectivity index (χ2v) is 5.78. The van der Waals surface area contributed by atoms with E-state index in [2.05, 4.69) is 9.97 Å². The van der Waals surface area contributed by atoms with E-state index in [1.807, 2.05) is 30.3 Å². The zero-order chi connectivity index (χ0) is 16.1. The van der Waals surface area contributed by atoms with Crippen LogP contribution in [-0.4, -0.2) is 53.2 Å². The summed E-state index contributed by atoms with van der Waals surface area (Å²) in [6.07, 6.45) is 4.81. The lowest BCUT2D eigenvalue weighted by atomic mass is 9.93. The number of piperidine rings is 1. The van der Waals surface area contributed by atoms with Crippen LogP contribution in [0, 0.1) is 0 Å². The monoisotopic (exact) mass is 315 g/mol. The molecule has 23 heavy (non-hydrogen) atoms. The average molecular weight is 315 g/mol. The molecular formula is C17H21N3O3. The Hall–Kier alpha value is -2.34. The van der Waals surface area contributed by atoms with Crippen molar-refractivity contribution in [3.8, 4) is 5.75 Å². The maximum absolute atomic E-state index is 12.5. The van der Waals surface area contributed by atoms with Gasteiger partial charge in [-0.2, -0.15) is 0 Å². The Balaban J connectivity index is 1.67. The van der Waals surface area contributed by atoms with E-state index in [0.29, 0.717) is 25.4 Å². The van der Waals surface area contributed by atoms with Gasteiger partial charge in [-0.1, -0.05) is 18.2 Å². The fourth-order valence-corrected chi connectivity index (χ4v) is 2.89. The average Bonchev–Trinajstić information content (AvgIpc) is 3.15. The third kappa shape index (κ3) is 3.53. The lowest BCUT2D eigenvalue weighted by molar-refractivity contribution is -0.0825. The van der Waals surface area contributed by atoms with Crippen molar-refractivity contribution >= 4 is 5.91 Å². The molecule has 1 atom stereocenters. The third-order valence-electron chi connectivity index (χ3n) is 4.23. The Morgan fingerprint density at radius 2 is 2.22 bits per heavy atom. The SMILES string of the molecule is CO[C@]1(COc2ccccc2)CCCN(C(=O)c2cnc[nH]2)C1. The summed E-state index contributed by atoms with van der Waals surface area (Å²) in [6, 6.07) is 9.65. The molecule has 1 aromatic carbocycles. The van der Waals surface area contributed by atoms with Crippen LogP contribution in [0.1, 0.15) is 23.3 Å². The molecule has 1 aliphatic heterocycles. The van der Waals surface area contributed by atoms with Gasteiger partial charge in [0, 0.05) is 13.7 Å². The molecule has 122 valence electrons. The minimum Gasteiger partial charge on any atom is -0.491 e. The molecule has 1 amide bonds. The number of carbonyl (C=O) groups is 1. The van der Waals surface area contributed by atoms with E-state index >= 15 is 0 Å². The largest absolute Gasteiger partial charge is 0.491 e. The Morgan fingerprint density at radius 1 is 1.39 bits per heavy atom. The molecule has 0 unspecified atom stereocenters. The van der Waals surface area contributed by atoms with Gasteiger partial charge in [0.2, 0.25) is 0 Å². The van der Waals surface area contributed by atoms with E-state index in [0.717, 1.165) is 18.6 Å². The molecule has 6 nitrogen and oxygen atoms in total. The van der Waals surface area contributed by atoms with Crippen LogP contribution in [0.15, 0.2) is 42.9 Å². The van der Waals surface area contributed by atoms with E-state index in [9.17, 15) is 4.79 Å². The van der Waals surface area contributed by atoms with Gasteiger partial charge < -0.3 is 19.4 Å². The zero-order valence-electron chi connectivity index (χ0n) is 13.2. The van der Waals surface area contributed by atoms with Crippen molar-refractivity contribution in [2.45, 2.75) is 18.4 Å². The Morgan fingerprint density at radius 3 is 2.91 bits per heavy atom. The van der Waals surface area contributed by atoms with Crippen LogP contribution < -0.4 is 4.74 Å². The number of nitrogens with zero attached hydrogens (tertiary/aromatic N) is 2. The van der Waals surface area contributed by atoms with Gasteiger partial charge in [0.1, 0.15) is 23.7 Å². The number of H-pyrrole nitrogens is 1. The van der Waals surface area contributed by atoms with Crippen LogP contribution in [0.2, 0.25) is 0 Å². The van der Waals surface area contributed by atoms with Crippen molar-refractivity contribution in [2.24, 2.45) is 0 Å². The van der Waals surface area contributed by atoms with Crippen LogP contribution in [-0.2, 0) is 4.74 Å². The molecule has 1 fully saturated rings. The van der Waals surface area contributed by atoms with Crippen molar-refractivity contribution in [3.05, 3.63) is 48.5 Å². The van der Waals surface area contributed by atoms with Crippen molar-refractivity contribution in [3.63, 3.8) is 0 Å². The molecule has 2 aromatic rings. The van der Waals surface area contributed by atoms with E-state index < -0.39 is 5.60 Å². The summed E-state index contributed by atoms with van der Waals surface area (Å²) in [5.74, 6) is 0.754. The molecule has 1 N–H and O–H groups in total. The van der Waals surface area contributed by atoms with Gasteiger partial charge in [-0.3, -0.25) is 4.79 Å². The number of aromatic amines is 1. The smallest absolute Gasteiger partial charge is 0.272 e. The lowest BCUT2D eigenvalue weighted by Crippen LogP contribution is -2.54. The van der Waals surface area contributed by atoms with Crippen LogP contribution >= 0.6 is 0 Å². The second-order valence-electron chi connectivity index (χ2n) is 5.78. The molecule has 0 aliphatic carbocycles. The number of aromatic nitrogens is 2. The van der Waals surface area contributed by atoms with Gasteiger partial charge in [-0.05, 0) is 25.0 Å². The molecule has 3 rings (SSSR count). The van der Waals surface area contributed by atoms with Crippen molar-refractivity contribution in [2.75, 3.05) is 26.8 Å². The maximum Gasteiger partial charge on any atom is 0.272 e. The van der Waals surface area contributed by atoms with Gasteiger partial charge in [-0.25, -0.2) is 4.98 Å². The molecule has 2 heterocycles. The summed E-state index contributed by atoms with van der Waals surface area (Å²) in [7, 11) is 1.68. The molecule has 0 saturated carbocycles. The zero-order valence-corrected chi connectivity index (χ0v) is 13.2. The Bertz CT molecular complexity index is 630. The number of hydrogen-bond donors (Lipinski definition) is 1. The molecule has 0 radical (unpaired) electrons. The van der Waals surface area contributed by atoms with Crippen LogP contribution in [0.25, 0.3) is 0 Å². The van der Waals surface area contributed by atoms with Crippen molar-refractivity contribution < 1.29 is 14.3 Å². The number of benzene rings is 1. The fourth-order valence-electron chi connectivity index (χ4n) is 2.89. The Labute approximate surface area is 135 Å².